The number of ether oxygens (including phenoxy) is 1. The molecule has 1 aromatic heterocycles. The van der Waals surface area contributed by atoms with Gasteiger partial charge in [0.15, 0.2) is 0 Å². The van der Waals surface area contributed by atoms with Gasteiger partial charge in [-0.15, -0.1) is 0 Å². The zero-order chi connectivity index (χ0) is 25.5. The average molecular weight is 493 g/mol. The number of aromatic amines is 1. The van der Waals surface area contributed by atoms with Gasteiger partial charge in [0.25, 0.3) is 0 Å². The highest BCUT2D eigenvalue weighted by Crippen LogP contribution is 2.44. The van der Waals surface area contributed by atoms with Crippen molar-refractivity contribution in [1.29, 1.82) is 0 Å². The summed E-state index contributed by atoms with van der Waals surface area (Å²) < 4.78 is 66.1. The van der Waals surface area contributed by atoms with Crippen molar-refractivity contribution in [2.75, 3.05) is 13.2 Å². The molecule has 2 N–H and O–H groups in total. The molecule has 0 unspecified atom stereocenters. The smallest absolute Gasteiger partial charge is 0.143 e. The molecule has 0 saturated heterocycles. The standard InChI is InChI=1S/C27H32F4N2O2/c1-5-17(6-2)35-18-11-21(29)24(22(30)12-18)26-25-20(19-10-16(28)7-8-23(19)32-25)9-15(3)33(26)13-27(4,31)14-34/h7-8,10-12,15,17,26,32,34H,5-6,9,13-14H2,1-4H3/t15-,26-,27-/m1/s1. The first kappa shape index (κ1) is 25.5. The second kappa shape index (κ2) is 9.82. The van der Waals surface area contributed by atoms with E-state index in [-0.39, 0.29) is 30.0 Å². The topological polar surface area (TPSA) is 48.5 Å². The number of aliphatic hydroxyl groups is 1. The molecule has 2 aromatic carbocycles. The highest BCUT2D eigenvalue weighted by molar-refractivity contribution is 5.85. The van der Waals surface area contributed by atoms with Crippen LogP contribution in [0.15, 0.2) is 30.3 Å². The van der Waals surface area contributed by atoms with Crippen molar-refractivity contribution < 1.29 is 27.4 Å². The summed E-state index contributed by atoms with van der Waals surface area (Å²) in [5.41, 5.74) is -0.364. The molecule has 190 valence electrons. The first-order chi connectivity index (χ1) is 16.6. The maximum Gasteiger partial charge on any atom is 0.143 e. The van der Waals surface area contributed by atoms with E-state index in [9.17, 15) is 9.50 Å². The van der Waals surface area contributed by atoms with Gasteiger partial charge in [0.1, 0.15) is 28.9 Å². The van der Waals surface area contributed by atoms with Gasteiger partial charge in [0.05, 0.1) is 18.8 Å². The number of nitrogens with one attached hydrogen (secondary N) is 1. The summed E-state index contributed by atoms with van der Waals surface area (Å²) in [4.78, 5) is 4.87. The van der Waals surface area contributed by atoms with Crippen LogP contribution < -0.4 is 4.74 Å². The molecule has 4 nitrogen and oxygen atoms in total. The van der Waals surface area contributed by atoms with Gasteiger partial charge in [0.2, 0.25) is 0 Å². The van der Waals surface area contributed by atoms with Crippen LogP contribution >= 0.6 is 0 Å². The quantitative estimate of drug-likeness (QED) is 0.368. The summed E-state index contributed by atoms with van der Waals surface area (Å²) >= 11 is 0. The number of benzene rings is 2. The maximum absolute atomic E-state index is 15.6. The Hall–Kier alpha value is -2.58. The van der Waals surface area contributed by atoms with Crippen LogP contribution in [0.4, 0.5) is 17.6 Å². The Kier molecular flexibility index (Phi) is 7.16. The molecule has 4 rings (SSSR count). The lowest BCUT2D eigenvalue weighted by Gasteiger charge is -2.43. The molecule has 0 radical (unpaired) electrons. The highest BCUT2D eigenvalue weighted by Gasteiger charge is 2.42. The minimum atomic E-state index is -1.99. The number of H-pyrrole nitrogens is 1. The molecule has 0 saturated carbocycles. The molecular formula is C27H32F4N2O2. The van der Waals surface area contributed by atoms with E-state index in [4.69, 9.17) is 4.74 Å². The fourth-order valence-corrected chi connectivity index (χ4v) is 5.05. The molecule has 0 bridgehead atoms. The van der Waals surface area contributed by atoms with Crippen molar-refractivity contribution in [3.63, 3.8) is 0 Å². The van der Waals surface area contributed by atoms with Gasteiger partial charge in [-0.2, -0.15) is 0 Å². The fourth-order valence-electron chi connectivity index (χ4n) is 5.05. The third-order valence-corrected chi connectivity index (χ3v) is 6.95. The number of hydrogen-bond donors (Lipinski definition) is 2. The predicted octanol–water partition coefficient (Wildman–Crippen LogP) is 6.21. The second-order valence-electron chi connectivity index (χ2n) is 9.76. The van der Waals surface area contributed by atoms with Crippen molar-refractivity contribution in [3.05, 3.63) is 64.6 Å². The Balaban J connectivity index is 1.88. The van der Waals surface area contributed by atoms with Gasteiger partial charge in [-0.3, -0.25) is 4.90 Å². The summed E-state index contributed by atoms with van der Waals surface area (Å²) in [7, 11) is 0. The molecule has 3 atom stereocenters. The van der Waals surface area contributed by atoms with Crippen molar-refractivity contribution in [3.8, 4) is 5.75 Å². The largest absolute Gasteiger partial charge is 0.490 e. The minimum absolute atomic E-state index is 0.0949. The van der Waals surface area contributed by atoms with Crippen LogP contribution in [0.25, 0.3) is 10.9 Å². The number of rotatable bonds is 8. The van der Waals surface area contributed by atoms with Crippen LogP contribution in [0.1, 0.15) is 63.4 Å². The lowest BCUT2D eigenvalue weighted by molar-refractivity contribution is 0.0162. The summed E-state index contributed by atoms with van der Waals surface area (Å²) in [6.07, 6.45) is 1.65. The van der Waals surface area contributed by atoms with Crippen LogP contribution in [0.3, 0.4) is 0 Å². The predicted molar refractivity (Wildman–Crippen MR) is 128 cm³/mol. The first-order valence-corrected chi connectivity index (χ1v) is 12.1. The Morgan fingerprint density at radius 2 is 1.80 bits per heavy atom. The van der Waals surface area contributed by atoms with Gasteiger partial charge in [-0.05, 0) is 56.9 Å². The lowest BCUT2D eigenvalue weighted by atomic mass is 9.87. The second-order valence-corrected chi connectivity index (χ2v) is 9.76. The van der Waals surface area contributed by atoms with E-state index in [1.165, 1.54) is 19.1 Å². The first-order valence-electron chi connectivity index (χ1n) is 12.1. The Bertz CT molecular complexity index is 1180. The summed E-state index contributed by atoms with van der Waals surface area (Å²) in [6, 6.07) is 5.28. The summed E-state index contributed by atoms with van der Waals surface area (Å²) in [6.45, 7) is 5.98. The number of hydrogen-bond acceptors (Lipinski definition) is 3. The van der Waals surface area contributed by atoms with Gasteiger partial charge < -0.3 is 14.8 Å². The zero-order valence-corrected chi connectivity index (χ0v) is 20.5. The SMILES string of the molecule is CCC(CC)Oc1cc(F)c([C@@H]2c3[nH]c4ccc(F)cc4c3C[C@@H](C)N2C[C@@](C)(F)CO)c(F)c1. The molecule has 1 aliphatic rings. The van der Waals surface area contributed by atoms with E-state index >= 15 is 13.2 Å². The number of fused-ring (bicyclic) bond motifs is 3. The van der Waals surface area contributed by atoms with Crippen LogP contribution in [-0.4, -0.2) is 46.0 Å². The van der Waals surface area contributed by atoms with E-state index in [1.54, 1.807) is 11.0 Å². The third kappa shape index (κ3) is 4.91. The molecule has 0 fully saturated rings. The van der Waals surface area contributed by atoms with Gasteiger partial charge in [0, 0.05) is 46.9 Å². The summed E-state index contributed by atoms with van der Waals surface area (Å²) in [5.74, 6) is -1.94. The molecule has 8 heteroatoms. The minimum Gasteiger partial charge on any atom is -0.490 e. The van der Waals surface area contributed by atoms with Crippen molar-refractivity contribution in [1.82, 2.24) is 9.88 Å². The van der Waals surface area contributed by atoms with E-state index in [2.05, 4.69) is 4.98 Å². The van der Waals surface area contributed by atoms with Crippen LogP contribution in [0.5, 0.6) is 5.75 Å². The van der Waals surface area contributed by atoms with Crippen LogP contribution in [0, 0.1) is 17.5 Å². The monoisotopic (exact) mass is 492 g/mol. The van der Waals surface area contributed by atoms with E-state index < -0.39 is 35.8 Å². The van der Waals surface area contributed by atoms with Crippen LogP contribution in [-0.2, 0) is 6.42 Å². The number of aliphatic hydroxyl groups excluding tert-OH is 1. The van der Waals surface area contributed by atoms with Gasteiger partial charge in [-0.25, -0.2) is 17.6 Å². The van der Waals surface area contributed by atoms with E-state index in [0.29, 0.717) is 35.9 Å². The summed E-state index contributed by atoms with van der Waals surface area (Å²) in [5, 5.41) is 10.2. The lowest BCUT2D eigenvalue weighted by Crippen LogP contribution is -2.50. The Morgan fingerprint density at radius 1 is 1.14 bits per heavy atom. The number of nitrogens with zero attached hydrogens (tertiary/aromatic N) is 1. The number of aromatic nitrogens is 1. The Morgan fingerprint density at radius 3 is 2.40 bits per heavy atom. The normalized spacial score (nSPS) is 20.3. The van der Waals surface area contributed by atoms with E-state index in [1.807, 2.05) is 20.8 Å². The Labute approximate surface area is 202 Å². The molecule has 0 amide bonds. The molecule has 35 heavy (non-hydrogen) atoms. The highest BCUT2D eigenvalue weighted by atomic mass is 19.1. The molecule has 0 spiro atoms. The fraction of sp³-hybridized carbons (Fsp3) is 0.481. The third-order valence-electron chi connectivity index (χ3n) is 6.95. The molecular weight excluding hydrogens is 460 g/mol. The number of halogens is 4. The maximum atomic E-state index is 15.6. The molecule has 0 aliphatic carbocycles. The van der Waals surface area contributed by atoms with Crippen molar-refractivity contribution >= 4 is 10.9 Å². The average Bonchev–Trinajstić information content (AvgIpc) is 3.16. The van der Waals surface area contributed by atoms with Crippen LogP contribution in [0.2, 0.25) is 0 Å². The molecule has 3 aromatic rings. The molecule has 1 aliphatic heterocycles. The number of alkyl halides is 1. The zero-order valence-electron chi connectivity index (χ0n) is 20.5. The molecule has 2 heterocycles. The van der Waals surface area contributed by atoms with Gasteiger partial charge in [-0.1, -0.05) is 13.8 Å². The van der Waals surface area contributed by atoms with Crippen molar-refractivity contribution in [2.24, 2.45) is 0 Å². The van der Waals surface area contributed by atoms with E-state index in [0.717, 1.165) is 17.7 Å². The van der Waals surface area contributed by atoms with Gasteiger partial charge >= 0.3 is 0 Å². The van der Waals surface area contributed by atoms with Crippen molar-refractivity contribution in [2.45, 2.75) is 70.8 Å².